The van der Waals surface area contributed by atoms with Crippen LogP contribution in [0.4, 0.5) is 4.39 Å². The number of H-pyrrole nitrogens is 1. The Labute approximate surface area is 194 Å². The van der Waals surface area contributed by atoms with E-state index in [0.29, 0.717) is 38.9 Å². The van der Waals surface area contributed by atoms with Crippen molar-refractivity contribution in [1.29, 1.82) is 0 Å². The van der Waals surface area contributed by atoms with Gasteiger partial charge in [0.15, 0.2) is 0 Å². The maximum Gasteiger partial charge on any atom is 0.353 e. The molecule has 0 amide bonds. The molecule has 0 fully saturated rings. The van der Waals surface area contributed by atoms with Gasteiger partial charge in [0.25, 0.3) is 10.0 Å². The quantitative estimate of drug-likeness (QED) is 0.365. The molecule has 9 heteroatoms. The molecule has 6 rings (SSSR count). The number of hydrogen-bond acceptors (Lipinski definition) is 3. The van der Waals surface area contributed by atoms with Crippen molar-refractivity contribution in [2.24, 2.45) is 0 Å². The summed E-state index contributed by atoms with van der Waals surface area (Å²) in [6.45, 7) is 3.86. The van der Waals surface area contributed by atoms with Gasteiger partial charge in [0.2, 0.25) is 0 Å². The first kappa shape index (κ1) is 20.7. The molecule has 2 N–H and O–H groups in total. The van der Waals surface area contributed by atoms with E-state index in [1.807, 2.05) is 38.1 Å². The van der Waals surface area contributed by atoms with E-state index in [-0.39, 0.29) is 11.6 Å². The standard InChI is InChI=1S/C25H20FN3O4S/c1-13(2)20-21(17-4-3-5-19-16(17)6-8-27-19)24(25(30)31)28-12-34(32,33)29-9-7-14-10-15(26)11-18(22(14)29)23(20)28/h3-11,13,27H,12H2,1-2H3,(H,30,31). The van der Waals surface area contributed by atoms with Crippen LogP contribution in [-0.2, 0) is 15.9 Å². The number of rotatable bonds is 3. The van der Waals surface area contributed by atoms with E-state index in [1.165, 1.54) is 22.9 Å². The molecule has 3 aromatic heterocycles. The zero-order valence-electron chi connectivity index (χ0n) is 18.3. The summed E-state index contributed by atoms with van der Waals surface area (Å²) in [7, 11) is -3.98. The molecule has 2 aromatic carbocycles. The number of carboxylic acid groups (broad SMARTS) is 1. The monoisotopic (exact) mass is 477 g/mol. The lowest BCUT2D eigenvalue weighted by Gasteiger charge is -2.14. The molecule has 0 unspecified atom stereocenters. The topological polar surface area (TPSA) is 97.1 Å². The molecule has 1 aliphatic rings. The Morgan fingerprint density at radius 1 is 1.15 bits per heavy atom. The lowest BCUT2D eigenvalue weighted by atomic mass is 9.89. The molecule has 0 bridgehead atoms. The Balaban J connectivity index is 1.87. The number of nitrogens with one attached hydrogen (secondary N) is 1. The Morgan fingerprint density at radius 2 is 1.94 bits per heavy atom. The van der Waals surface area contributed by atoms with E-state index in [4.69, 9.17) is 0 Å². The average molecular weight is 478 g/mol. The number of carbonyl (C=O) groups is 1. The van der Waals surface area contributed by atoms with E-state index in [0.717, 1.165) is 14.9 Å². The highest BCUT2D eigenvalue weighted by Crippen LogP contribution is 2.47. The van der Waals surface area contributed by atoms with E-state index >= 15 is 0 Å². The molecule has 7 nitrogen and oxygen atoms in total. The summed E-state index contributed by atoms with van der Waals surface area (Å²) in [6, 6.07) is 11.6. The second kappa shape index (κ2) is 6.83. The number of fused-ring (bicyclic) bond motifs is 3. The molecular weight excluding hydrogens is 457 g/mol. The Morgan fingerprint density at radius 3 is 2.68 bits per heavy atom. The van der Waals surface area contributed by atoms with Crippen molar-refractivity contribution in [2.45, 2.75) is 25.6 Å². The van der Waals surface area contributed by atoms with Gasteiger partial charge in [-0.25, -0.2) is 21.6 Å². The highest BCUT2D eigenvalue weighted by molar-refractivity contribution is 7.89. The van der Waals surface area contributed by atoms with Crippen molar-refractivity contribution in [1.82, 2.24) is 13.5 Å². The van der Waals surface area contributed by atoms with Crippen molar-refractivity contribution in [3.63, 3.8) is 0 Å². The van der Waals surface area contributed by atoms with Crippen LogP contribution in [0.15, 0.2) is 54.9 Å². The fourth-order valence-electron chi connectivity index (χ4n) is 5.27. The molecule has 0 aliphatic carbocycles. The lowest BCUT2D eigenvalue weighted by Crippen LogP contribution is -2.19. The molecule has 5 aromatic rings. The third-order valence-electron chi connectivity index (χ3n) is 6.51. The largest absolute Gasteiger partial charge is 0.477 e. The van der Waals surface area contributed by atoms with Crippen LogP contribution in [0.3, 0.4) is 0 Å². The number of halogens is 1. The molecule has 34 heavy (non-hydrogen) atoms. The maximum absolute atomic E-state index is 14.7. The average Bonchev–Trinajstić information content (AvgIpc) is 3.46. The van der Waals surface area contributed by atoms with Gasteiger partial charge in [-0.05, 0) is 47.4 Å². The molecular formula is C25H20FN3O4S. The van der Waals surface area contributed by atoms with Crippen LogP contribution in [-0.4, -0.2) is 33.0 Å². The van der Waals surface area contributed by atoms with Crippen molar-refractivity contribution >= 4 is 37.8 Å². The van der Waals surface area contributed by atoms with Crippen molar-refractivity contribution in [3.05, 3.63) is 71.9 Å². The number of aromatic carboxylic acids is 1. The number of carboxylic acids is 1. The molecule has 4 heterocycles. The Hall–Kier alpha value is -3.85. The number of aromatic nitrogens is 3. The molecule has 0 atom stereocenters. The second-order valence-corrected chi connectivity index (χ2v) is 10.7. The van der Waals surface area contributed by atoms with E-state index in [2.05, 4.69) is 4.98 Å². The summed E-state index contributed by atoms with van der Waals surface area (Å²) in [5.41, 5.74) is 3.64. The van der Waals surface area contributed by atoms with Gasteiger partial charge in [0.1, 0.15) is 17.4 Å². The maximum atomic E-state index is 14.7. The number of hydrogen-bond donors (Lipinski definition) is 2. The Bertz CT molecular complexity index is 1770. The van der Waals surface area contributed by atoms with E-state index in [1.54, 1.807) is 12.3 Å². The zero-order chi connectivity index (χ0) is 23.9. The molecule has 0 saturated heterocycles. The first-order valence-electron chi connectivity index (χ1n) is 10.8. The van der Waals surface area contributed by atoms with Gasteiger partial charge in [-0.2, -0.15) is 0 Å². The predicted molar refractivity (Wildman–Crippen MR) is 128 cm³/mol. The van der Waals surface area contributed by atoms with Crippen LogP contribution < -0.4 is 0 Å². The van der Waals surface area contributed by atoms with Gasteiger partial charge < -0.3 is 14.7 Å². The normalized spacial score (nSPS) is 14.6. The van der Waals surface area contributed by atoms with E-state index in [9.17, 15) is 22.7 Å². The minimum atomic E-state index is -3.98. The smallest absolute Gasteiger partial charge is 0.353 e. The molecule has 0 saturated carbocycles. The van der Waals surface area contributed by atoms with Crippen LogP contribution in [0, 0.1) is 5.82 Å². The summed E-state index contributed by atoms with van der Waals surface area (Å²) in [5, 5.41) is 11.6. The predicted octanol–water partition coefficient (Wildman–Crippen LogP) is 5.37. The summed E-state index contributed by atoms with van der Waals surface area (Å²) in [6.07, 6.45) is 3.17. The van der Waals surface area contributed by atoms with Crippen LogP contribution >= 0.6 is 0 Å². The van der Waals surface area contributed by atoms with Gasteiger partial charge in [-0.15, -0.1) is 0 Å². The van der Waals surface area contributed by atoms with Gasteiger partial charge in [-0.1, -0.05) is 26.0 Å². The highest BCUT2D eigenvalue weighted by atomic mass is 32.2. The van der Waals surface area contributed by atoms with Crippen LogP contribution in [0.1, 0.15) is 35.8 Å². The van der Waals surface area contributed by atoms with Gasteiger partial charge in [0.05, 0.1) is 11.2 Å². The molecule has 1 aliphatic heterocycles. The number of benzene rings is 2. The van der Waals surface area contributed by atoms with Crippen LogP contribution in [0.5, 0.6) is 0 Å². The molecule has 0 radical (unpaired) electrons. The third kappa shape index (κ3) is 2.67. The fourth-order valence-corrected chi connectivity index (χ4v) is 6.71. The minimum Gasteiger partial charge on any atom is -0.477 e. The van der Waals surface area contributed by atoms with Crippen molar-refractivity contribution in [2.75, 3.05) is 0 Å². The second-order valence-electron chi connectivity index (χ2n) is 8.86. The first-order chi connectivity index (χ1) is 16.2. The van der Waals surface area contributed by atoms with E-state index < -0.39 is 27.7 Å². The number of aromatic amines is 1. The highest BCUT2D eigenvalue weighted by Gasteiger charge is 2.36. The van der Waals surface area contributed by atoms with Gasteiger partial charge in [0, 0.05) is 39.8 Å². The molecule has 172 valence electrons. The first-order valence-corrected chi connectivity index (χ1v) is 12.4. The fraction of sp³-hybridized carbons (Fsp3) is 0.160. The third-order valence-corrected chi connectivity index (χ3v) is 7.99. The van der Waals surface area contributed by atoms with Crippen LogP contribution in [0.2, 0.25) is 0 Å². The number of nitrogens with zero attached hydrogens (tertiary/aromatic N) is 2. The SMILES string of the molecule is CC(C)c1c(-c2cccc3[nH]ccc23)c(C(=O)O)n2c1-c1cc(F)cc3ccn(c13)S(=O)(=O)C2. The summed E-state index contributed by atoms with van der Waals surface area (Å²) in [4.78, 5) is 15.9. The summed E-state index contributed by atoms with van der Waals surface area (Å²) in [5.74, 6) is -2.52. The minimum absolute atomic E-state index is 0.126. The lowest BCUT2D eigenvalue weighted by molar-refractivity contribution is 0.0687. The Kier molecular flexibility index (Phi) is 4.17. The summed E-state index contributed by atoms with van der Waals surface area (Å²) >= 11 is 0. The zero-order valence-corrected chi connectivity index (χ0v) is 19.1. The van der Waals surface area contributed by atoms with Gasteiger partial charge >= 0.3 is 5.97 Å². The van der Waals surface area contributed by atoms with Crippen molar-refractivity contribution in [3.8, 4) is 22.4 Å². The van der Waals surface area contributed by atoms with Gasteiger partial charge in [-0.3, -0.25) is 0 Å². The summed E-state index contributed by atoms with van der Waals surface area (Å²) < 4.78 is 44.0. The van der Waals surface area contributed by atoms with Crippen LogP contribution in [0.25, 0.3) is 44.2 Å². The van der Waals surface area contributed by atoms with Crippen molar-refractivity contribution < 1.29 is 22.7 Å². The molecule has 0 spiro atoms.